The van der Waals surface area contributed by atoms with Gasteiger partial charge in [-0.2, -0.15) is 0 Å². The van der Waals surface area contributed by atoms with Crippen LogP contribution in [-0.2, 0) is 40.0 Å². The summed E-state index contributed by atoms with van der Waals surface area (Å²) in [7, 11) is -0.775. The number of rotatable bonds is 14. The molecule has 0 radical (unpaired) electrons. The number of phenols is 1. The van der Waals surface area contributed by atoms with E-state index in [0.717, 1.165) is 28.7 Å². The summed E-state index contributed by atoms with van der Waals surface area (Å²) in [6.07, 6.45) is 0.800. The van der Waals surface area contributed by atoms with Crippen LogP contribution >= 0.6 is 0 Å². The number of hydrogen-bond donors (Lipinski definition) is 4. The van der Waals surface area contributed by atoms with E-state index in [9.17, 15) is 19.8 Å². The molecule has 3 rings (SSSR count). The molecule has 0 heterocycles. The van der Waals surface area contributed by atoms with Crippen molar-refractivity contribution < 1.29 is 29.0 Å². The van der Waals surface area contributed by atoms with Gasteiger partial charge in [-0.15, -0.1) is 0 Å². The maximum Gasteiger partial charge on any atom is 0.337 e. The van der Waals surface area contributed by atoms with E-state index in [-0.39, 0.29) is 41.9 Å². The SMILES string of the molecule is COC(=O)c1ccc(CNC(=O)Cc2cccc(C[C@@H](C)NC[C@@H](O[Si](C)(C)C(C)(C)C)c3ccc(O)c(CO)c3)c2)cc1. The van der Waals surface area contributed by atoms with Gasteiger partial charge in [0.15, 0.2) is 8.32 Å². The molecule has 238 valence electrons. The third kappa shape index (κ3) is 10.0. The third-order valence-corrected chi connectivity index (χ3v) is 12.8. The molecule has 9 heteroatoms. The maximum atomic E-state index is 12.7. The quantitative estimate of drug-likeness (QED) is 0.133. The summed E-state index contributed by atoms with van der Waals surface area (Å²) in [5.74, 6) is -0.392. The third-order valence-electron chi connectivity index (χ3n) is 8.30. The fourth-order valence-corrected chi connectivity index (χ4v) is 5.90. The summed E-state index contributed by atoms with van der Waals surface area (Å²) in [5, 5.41) is 26.4. The lowest BCUT2D eigenvalue weighted by molar-refractivity contribution is -0.120. The highest BCUT2D eigenvalue weighted by Gasteiger charge is 2.39. The number of ether oxygens (including phenoxy) is 1. The van der Waals surface area contributed by atoms with Crippen LogP contribution < -0.4 is 10.6 Å². The van der Waals surface area contributed by atoms with E-state index in [1.165, 1.54) is 7.11 Å². The standard InChI is InChI=1S/C35H48N2O6Si/c1-24(36-22-32(43-44(6,7)35(2,3)4)29-15-16-31(39)30(20-29)23-38)17-26-9-8-10-27(18-26)19-33(40)37-21-25-11-13-28(14-12-25)34(41)42-5/h8-16,18,20,24,32,36,38-39H,17,19,21-23H2,1-7H3,(H,37,40)/t24-,32-/m1/s1. The van der Waals surface area contributed by atoms with Crippen molar-refractivity contribution in [3.8, 4) is 5.75 Å². The second-order valence-electron chi connectivity index (χ2n) is 12.9. The van der Waals surface area contributed by atoms with Crippen LogP contribution in [0.3, 0.4) is 0 Å². The van der Waals surface area contributed by atoms with E-state index in [1.54, 1.807) is 30.3 Å². The molecule has 1 amide bonds. The number of nitrogens with one attached hydrogen (secondary N) is 2. The van der Waals surface area contributed by atoms with E-state index in [0.29, 0.717) is 24.2 Å². The highest BCUT2D eigenvalue weighted by atomic mass is 28.4. The topological polar surface area (TPSA) is 117 Å². The van der Waals surface area contributed by atoms with Gasteiger partial charge in [0.25, 0.3) is 0 Å². The Bertz CT molecular complexity index is 1400. The molecule has 8 nitrogen and oxygen atoms in total. The minimum atomic E-state index is -2.12. The molecule has 0 aliphatic rings. The number of esters is 1. The number of aliphatic hydroxyl groups is 1. The Hall–Kier alpha value is -3.50. The molecule has 3 aromatic carbocycles. The largest absolute Gasteiger partial charge is 0.508 e. The summed E-state index contributed by atoms with van der Waals surface area (Å²) >= 11 is 0. The molecule has 0 aliphatic heterocycles. The fourth-order valence-electron chi connectivity index (χ4n) is 4.62. The highest BCUT2D eigenvalue weighted by Crippen LogP contribution is 2.40. The van der Waals surface area contributed by atoms with E-state index >= 15 is 0 Å². The van der Waals surface area contributed by atoms with Crippen molar-refractivity contribution in [1.29, 1.82) is 0 Å². The molecule has 0 aromatic heterocycles. The first-order valence-corrected chi connectivity index (χ1v) is 18.0. The first kappa shape index (κ1) is 35.0. The molecule has 0 bridgehead atoms. The van der Waals surface area contributed by atoms with Gasteiger partial charge in [0.2, 0.25) is 5.91 Å². The van der Waals surface area contributed by atoms with Gasteiger partial charge in [-0.3, -0.25) is 4.79 Å². The van der Waals surface area contributed by atoms with E-state index < -0.39 is 14.3 Å². The zero-order chi connectivity index (χ0) is 32.5. The van der Waals surface area contributed by atoms with Gasteiger partial charge >= 0.3 is 5.97 Å². The summed E-state index contributed by atoms with van der Waals surface area (Å²) in [6.45, 7) is 13.9. The molecule has 3 aromatic rings. The number of carbonyl (C=O) groups excluding carboxylic acids is 2. The highest BCUT2D eigenvalue weighted by molar-refractivity contribution is 6.74. The first-order valence-electron chi connectivity index (χ1n) is 15.1. The van der Waals surface area contributed by atoms with Crippen LogP contribution in [0, 0.1) is 0 Å². The van der Waals surface area contributed by atoms with Crippen molar-refractivity contribution in [2.24, 2.45) is 0 Å². The molecular weight excluding hydrogens is 572 g/mol. The lowest BCUT2D eigenvalue weighted by Crippen LogP contribution is -2.44. The predicted octanol–water partition coefficient (Wildman–Crippen LogP) is 5.81. The normalized spacial score (nSPS) is 13.3. The van der Waals surface area contributed by atoms with Crippen molar-refractivity contribution in [1.82, 2.24) is 10.6 Å². The van der Waals surface area contributed by atoms with Crippen LogP contribution in [0.5, 0.6) is 5.75 Å². The summed E-state index contributed by atoms with van der Waals surface area (Å²) in [5.41, 5.74) is 4.84. The molecule has 0 spiro atoms. The zero-order valence-electron chi connectivity index (χ0n) is 27.1. The molecule has 44 heavy (non-hydrogen) atoms. The minimum Gasteiger partial charge on any atom is -0.508 e. The summed E-state index contributed by atoms with van der Waals surface area (Å²) in [6, 6.07) is 20.5. The number of aromatic hydroxyl groups is 1. The van der Waals surface area contributed by atoms with Crippen LogP contribution in [0.15, 0.2) is 66.7 Å². The second-order valence-corrected chi connectivity index (χ2v) is 17.6. The molecule has 4 N–H and O–H groups in total. The van der Waals surface area contributed by atoms with E-state index in [1.807, 2.05) is 24.3 Å². The van der Waals surface area contributed by atoms with Gasteiger partial charge in [-0.05, 0) is 78.0 Å². The monoisotopic (exact) mass is 620 g/mol. The fraction of sp³-hybridized carbons (Fsp3) is 0.429. The van der Waals surface area contributed by atoms with Crippen molar-refractivity contribution in [3.05, 3.63) is 100 Å². The van der Waals surface area contributed by atoms with Gasteiger partial charge in [0, 0.05) is 24.7 Å². The number of aliphatic hydroxyl groups excluding tert-OH is 1. The molecular formula is C35H48N2O6Si. The average molecular weight is 621 g/mol. The predicted molar refractivity (Wildman–Crippen MR) is 176 cm³/mol. The van der Waals surface area contributed by atoms with Crippen LogP contribution in [-0.4, -0.2) is 50.1 Å². The first-order chi connectivity index (χ1) is 20.7. The van der Waals surface area contributed by atoms with E-state index in [4.69, 9.17) is 9.16 Å². The van der Waals surface area contributed by atoms with Gasteiger partial charge in [0.05, 0.1) is 31.8 Å². The summed E-state index contributed by atoms with van der Waals surface area (Å²) < 4.78 is 11.5. The number of benzene rings is 3. The smallest absolute Gasteiger partial charge is 0.337 e. The Morgan fingerprint density at radius 3 is 2.27 bits per heavy atom. The Morgan fingerprint density at radius 1 is 0.955 bits per heavy atom. The van der Waals surface area contributed by atoms with Crippen molar-refractivity contribution in [3.63, 3.8) is 0 Å². The molecule has 0 aliphatic carbocycles. The van der Waals surface area contributed by atoms with Crippen molar-refractivity contribution in [2.75, 3.05) is 13.7 Å². The number of carbonyl (C=O) groups is 2. The van der Waals surface area contributed by atoms with Crippen molar-refractivity contribution in [2.45, 2.75) is 84.0 Å². The number of methoxy groups -OCH3 is 1. The Morgan fingerprint density at radius 2 is 1.64 bits per heavy atom. The lowest BCUT2D eigenvalue weighted by atomic mass is 10.0. The lowest BCUT2D eigenvalue weighted by Gasteiger charge is -2.40. The zero-order valence-corrected chi connectivity index (χ0v) is 28.1. The molecule has 0 saturated carbocycles. The van der Waals surface area contributed by atoms with Crippen LogP contribution in [0.25, 0.3) is 0 Å². The van der Waals surface area contributed by atoms with Gasteiger partial charge in [-0.1, -0.05) is 63.2 Å². The maximum absolute atomic E-state index is 12.7. The molecule has 2 atom stereocenters. The Balaban J connectivity index is 1.60. The Labute approximate surface area is 262 Å². The van der Waals surface area contributed by atoms with Crippen LogP contribution in [0.4, 0.5) is 0 Å². The van der Waals surface area contributed by atoms with Gasteiger partial charge in [-0.25, -0.2) is 4.79 Å². The molecule has 0 unspecified atom stereocenters. The summed E-state index contributed by atoms with van der Waals surface area (Å²) in [4.78, 5) is 24.3. The van der Waals surface area contributed by atoms with Crippen LogP contribution in [0.1, 0.15) is 72.0 Å². The number of hydrogen-bond acceptors (Lipinski definition) is 7. The van der Waals surface area contributed by atoms with Gasteiger partial charge in [0.1, 0.15) is 5.75 Å². The molecule has 0 fully saturated rings. The minimum absolute atomic E-state index is 0.0233. The number of amides is 1. The average Bonchev–Trinajstić information content (AvgIpc) is 2.98. The van der Waals surface area contributed by atoms with Gasteiger partial charge < -0.3 is 30.0 Å². The van der Waals surface area contributed by atoms with Crippen LogP contribution in [0.2, 0.25) is 18.1 Å². The second kappa shape index (κ2) is 15.5. The van der Waals surface area contributed by atoms with Crippen molar-refractivity contribution >= 4 is 20.2 Å². The molecule has 0 saturated heterocycles. The Kier molecular flexibility index (Phi) is 12.3. The van der Waals surface area contributed by atoms with E-state index in [2.05, 4.69) is 63.6 Å².